The molecule has 0 spiro atoms. The highest BCUT2D eigenvalue weighted by molar-refractivity contribution is 5.82. The summed E-state index contributed by atoms with van der Waals surface area (Å²) in [6.45, 7) is 4.44. The predicted molar refractivity (Wildman–Crippen MR) is 67.9 cm³/mol. The largest absolute Gasteiger partial charge is 0.542 e. The van der Waals surface area contributed by atoms with Crippen molar-refractivity contribution in [3.63, 3.8) is 0 Å². The van der Waals surface area contributed by atoms with Gasteiger partial charge in [0.25, 0.3) is 0 Å². The number of hydrogen-bond acceptors (Lipinski definition) is 4. The number of rotatable bonds is 5. The molecule has 4 heteroatoms. The summed E-state index contributed by atoms with van der Waals surface area (Å²) in [6, 6.07) is 10.7. The van der Waals surface area contributed by atoms with Gasteiger partial charge in [-0.15, -0.1) is 0 Å². The molecule has 1 heterocycles. The highest BCUT2D eigenvalue weighted by atomic mass is 16.5. The molecule has 2 rings (SSSR count). The lowest BCUT2D eigenvalue weighted by molar-refractivity contribution is -0.257. The molecule has 0 saturated heterocycles. The quantitative estimate of drug-likeness (QED) is 0.826. The number of carbonyl (C=O) groups excluding carboxylic acids is 1. The van der Waals surface area contributed by atoms with Gasteiger partial charge in [0.05, 0.1) is 0 Å². The van der Waals surface area contributed by atoms with Crippen LogP contribution in [0.25, 0.3) is 0 Å². The van der Waals surface area contributed by atoms with Crippen LogP contribution in [-0.2, 0) is 6.61 Å². The highest BCUT2D eigenvalue weighted by Gasteiger charge is 2.04. The molecule has 19 heavy (non-hydrogen) atoms. The molecule has 0 amide bonds. The molecule has 0 atom stereocenters. The summed E-state index contributed by atoms with van der Waals surface area (Å²) in [5.74, 6) is 0.133. The summed E-state index contributed by atoms with van der Waals surface area (Å²) in [5, 5.41) is 10.5. The van der Waals surface area contributed by atoms with Crippen LogP contribution in [0.3, 0.4) is 0 Å². The van der Waals surface area contributed by atoms with Gasteiger partial charge in [-0.25, -0.2) is 0 Å². The fraction of sp³-hybridized carbons (Fsp3) is 0.267. The van der Waals surface area contributed by atoms with Crippen LogP contribution in [0.5, 0.6) is 5.75 Å². The van der Waals surface area contributed by atoms with Crippen molar-refractivity contribution in [3.8, 4) is 5.75 Å². The van der Waals surface area contributed by atoms with Gasteiger partial charge in [0.1, 0.15) is 29.8 Å². The van der Waals surface area contributed by atoms with Gasteiger partial charge < -0.3 is 19.1 Å². The van der Waals surface area contributed by atoms with Gasteiger partial charge in [-0.05, 0) is 35.7 Å². The van der Waals surface area contributed by atoms with Gasteiger partial charge in [0.2, 0.25) is 0 Å². The average Bonchev–Trinajstić information content (AvgIpc) is 2.86. The fourth-order valence-electron chi connectivity index (χ4n) is 1.67. The topological polar surface area (TPSA) is 62.5 Å². The van der Waals surface area contributed by atoms with E-state index in [2.05, 4.69) is 13.8 Å². The third-order valence-electron chi connectivity index (χ3n) is 2.79. The van der Waals surface area contributed by atoms with E-state index in [1.807, 2.05) is 24.3 Å². The molecule has 0 saturated carbocycles. The number of furan rings is 1. The number of aromatic carboxylic acids is 1. The first-order chi connectivity index (χ1) is 9.06. The Labute approximate surface area is 111 Å². The number of benzene rings is 1. The minimum Gasteiger partial charge on any atom is -0.542 e. The standard InChI is InChI=1S/C15H16O4/c1-10(2)11-3-5-12(6-4-11)18-9-13-7-8-14(19-13)15(16)17/h3-8,10H,9H2,1-2H3,(H,16,17)/p-1. The Morgan fingerprint density at radius 3 is 2.42 bits per heavy atom. The Balaban J connectivity index is 1.96. The summed E-state index contributed by atoms with van der Waals surface area (Å²) in [6.07, 6.45) is 0. The first kappa shape index (κ1) is 13.2. The lowest BCUT2D eigenvalue weighted by atomic mass is 10.0. The first-order valence-electron chi connectivity index (χ1n) is 6.09. The van der Waals surface area contributed by atoms with E-state index in [0.717, 1.165) is 5.75 Å². The van der Waals surface area contributed by atoms with Crippen LogP contribution in [0, 0.1) is 0 Å². The van der Waals surface area contributed by atoms with E-state index in [1.165, 1.54) is 11.6 Å². The lowest BCUT2D eigenvalue weighted by Gasteiger charge is -2.08. The third-order valence-corrected chi connectivity index (χ3v) is 2.79. The van der Waals surface area contributed by atoms with Crippen LogP contribution >= 0.6 is 0 Å². The van der Waals surface area contributed by atoms with E-state index >= 15 is 0 Å². The number of carbonyl (C=O) groups is 1. The summed E-state index contributed by atoms with van der Waals surface area (Å²) in [5.41, 5.74) is 1.24. The van der Waals surface area contributed by atoms with E-state index in [4.69, 9.17) is 9.15 Å². The first-order valence-corrected chi connectivity index (χ1v) is 6.09. The molecule has 100 valence electrons. The Bertz CT molecular complexity index is 552. The van der Waals surface area contributed by atoms with E-state index in [0.29, 0.717) is 11.7 Å². The Kier molecular flexibility index (Phi) is 3.90. The summed E-state index contributed by atoms with van der Waals surface area (Å²) >= 11 is 0. The molecule has 0 aliphatic rings. The van der Waals surface area contributed by atoms with E-state index < -0.39 is 5.97 Å². The van der Waals surface area contributed by atoms with Gasteiger partial charge in [-0.1, -0.05) is 26.0 Å². The van der Waals surface area contributed by atoms with Crippen molar-refractivity contribution in [2.24, 2.45) is 0 Å². The second kappa shape index (κ2) is 5.61. The second-order valence-electron chi connectivity index (χ2n) is 4.57. The minimum atomic E-state index is -1.33. The molecule has 0 aliphatic carbocycles. The van der Waals surface area contributed by atoms with Crippen LogP contribution in [-0.4, -0.2) is 5.97 Å². The summed E-state index contributed by atoms with van der Waals surface area (Å²) < 4.78 is 10.6. The van der Waals surface area contributed by atoms with Crippen LogP contribution < -0.4 is 9.84 Å². The molecule has 0 radical (unpaired) electrons. The zero-order valence-electron chi connectivity index (χ0n) is 10.9. The smallest absolute Gasteiger partial charge is 0.149 e. The average molecular weight is 259 g/mol. The summed E-state index contributed by atoms with van der Waals surface area (Å²) in [7, 11) is 0. The molecule has 0 aliphatic heterocycles. The minimum absolute atomic E-state index is 0.186. The number of carboxylic acid groups (broad SMARTS) is 1. The molecule has 0 fully saturated rings. The number of ether oxygens (including phenoxy) is 1. The molecular weight excluding hydrogens is 244 g/mol. The molecule has 1 aromatic carbocycles. The number of hydrogen-bond donors (Lipinski definition) is 0. The maximum atomic E-state index is 10.5. The Morgan fingerprint density at radius 1 is 1.21 bits per heavy atom. The fourth-order valence-corrected chi connectivity index (χ4v) is 1.67. The zero-order chi connectivity index (χ0) is 13.8. The van der Waals surface area contributed by atoms with Crippen molar-refractivity contribution in [2.45, 2.75) is 26.4 Å². The van der Waals surface area contributed by atoms with Crippen LogP contribution in [0.15, 0.2) is 40.8 Å². The molecule has 1 aromatic heterocycles. The Hall–Kier alpha value is -2.23. The van der Waals surface area contributed by atoms with Crippen molar-refractivity contribution in [3.05, 3.63) is 53.5 Å². The molecule has 0 unspecified atom stereocenters. The van der Waals surface area contributed by atoms with Crippen molar-refractivity contribution < 1.29 is 19.1 Å². The van der Waals surface area contributed by atoms with E-state index in [9.17, 15) is 9.90 Å². The maximum Gasteiger partial charge on any atom is 0.149 e. The zero-order valence-corrected chi connectivity index (χ0v) is 10.9. The van der Waals surface area contributed by atoms with E-state index in [-0.39, 0.29) is 12.4 Å². The van der Waals surface area contributed by atoms with Gasteiger partial charge in [-0.3, -0.25) is 0 Å². The van der Waals surface area contributed by atoms with Crippen LogP contribution in [0.4, 0.5) is 0 Å². The third kappa shape index (κ3) is 3.37. The van der Waals surface area contributed by atoms with Gasteiger partial charge >= 0.3 is 0 Å². The highest BCUT2D eigenvalue weighted by Crippen LogP contribution is 2.19. The monoisotopic (exact) mass is 259 g/mol. The van der Waals surface area contributed by atoms with Crippen molar-refractivity contribution >= 4 is 5.97 Å². The number of carboxylic acids is 1. The lowest BCUT2D eigenvalue weighted by Crippen LogP contribution is -2.21. The van der Waals surface area contributed by atoms with Gasteiger partial charge in [0, 0.05) is 0 Å². The second-order valence-corrected chi connectivity index (χ2v) is 4.57. The van der Waals surface area contributed by atoms with Crippen LogP contribution in [0.2, 0.25) is 0 Å². The molecule has 2 aromatic rings. The van der Waals surface area contributed by atoms with Crippen molar-refractivity contribution in [2.75, 3.05) is 0 Å². The molecule has 0 bridgehead atoms. The van der Waals surface area contributed by atoms with Gasteiger partial charge in [0.15, 0.2) is 0 Å². The van der Waals surface area contributed by atoms with Gasteiger partial charge in [-0.2, -0.15) is 0 Å². The van der Waals surface area contributed by atoms with Crippen molar-refractivity contribution in [1.29, 1.82) is 0 Å². The predicted octanol–water partition coefficient (Wildman–Crippen LogP) is 2.35. The van der Waals surface area contributed by atoms with E-state index in [1.54, 1.807) is 6.07 Å². The summed E-state index contributed by atoms with van der Waals surface area (Å²) in [4.78, 5) is 10.5. The van der Waals surface area contributed by atoms with Crippen LogP contribution in [0.1, 0.15) is 41.6 Å². The molecular formula is C15H15O4-. The molecule has 4 nitrogen and oxygen atoms in total. The normalized spacial score (nSPS) is 10.7. The maximum absolute atomic E-state index is 10.5. The Morgan fingerprint density at radius 2 is 1.89 bits per heavy atom. The molecule has 0 N–H and O–H groups in total. The SMILES string of the molecule is CC(C)c1ccc(OCc2ccc(C(=O)[O-])o2)cc1. The van der Waals surface area contributed by atoms with Crippen molar-refractivity contribution in [1.82, 2.24) is 0 Å².